The molecule has 0 aromatic heterocycles. The van der Waals surface area contributed by atoms with Crippen molar-refractivity contribution in [1.29, 1.82) is 0 Å². The van der Waals surface area contributed by atoms with Crippen LogP contribution in [0.25, 0.3) is 0 Å². The third kappa shape index (κ3) is 10.3. The summed E-state index contributed by atoms with van der Waals surface area (Å²) in [7, 11) is 0. The van der Waals surface area contributed by atoms with Gasteiger partial charge in [0.15, 0.2) is 0 Å². The van der Waals surface area contributed by atoms with Gasteiger partial charge in [0.1, 0.15) is 0 Å². The molecule has 0 rings (SSSR count). The number of rotatable bonds is 9. The summed E-state index contributed by atoms with van der Waals surface area (Å²) in [6.45, 7) is 4.52. The number of unbranched alkanes of at least 4 members (excludes halogenated alkanes) is 5. The van der Waals surface area contributed by atoms with E-state index in [1.165, 1.54) is 57.8 Å². The molecule has 1 atom stereocenters. The molecule has 0 nitrogen and oxygen atoms in total. The molecule has 0 aliphatic carbocycles. The maximum Gasteiger partial charge on any atom is 0.00168 e. The molecule has 0 spiro atoms. The number of hydrogen-bond acceptors (Lipinski definition) is 1. The van der Waals surface area contributed by atoms with Crippen LogP contribution in [0.5, 0.6) is 0 Å². The van der Waals surface area contributed by atoms with Crippen LogP contribution in [0.1, 0.15) is 71.6 Å². The molecule has 0 aromatic carbocycles. The van der Waals surface area contributed by atoms with E-state index < -0.39 is 0 Å². The lowest BCUT2D eigenvalue weighted by molar-refractivity contribution is 0.574. The molecule has 0 heterocycles. The number of hydrogen-bond donors (Lipinski definition) is 1. The van der Waals surface area contributed by atoms with Crippen molar-refractivity contribution in [2.45, 2.75) is 76.9 Å². The first-order chi connectivity index (χ1) is 6.31. The van der Waals surface area contributed by atoms with Gasteiger partial charge in [0, 0.05) is 5.25 Å². The Morgan fingerprint density at radius 3 is 1.77 bits per heavy atom. The summed E-state index contributed by atoms with van der Waals surface area (Å²) in [5.41, 5.74) is 0. The zero-order valence-electron chi connectivity index (χ0n) is 9.39. The van der Waals surface area contributed by atoms with Crippen LogP contribution in [0, 0.1) is 0 Å². The Bertz CT molecular complexity index is 91.1. The van der Waals surface area contributed by atoms with Gasteiger partial charge in [-0.3, -0.25) is 0 Å². The van der Waals surface area contributed by atoms with Crippen molar-refractivity contribution >= 4 is 12.6 Å². The van der Waals surface area contributed by atoms with E-state index in [-0.39, 0.29) is 0 Å². The van der Waals surface area contributed by atoms with Crippen molar-refractivity contribution in [3.63, 3.8) is 0 Å². The molecule has 0 aliphatic heterocycles. The third-order valence-electron chi connectivity index (χ3n) is 2.53. The molecular formula is C12H26S. The highest BCUT2D eigenvalue weighted by atomic mass is 32.1. The second-order valence-electron chi connectivity index (χ2n) is 4.00. The molecule has 0 amide bonds. The molecule has 1 unspecified atom stereocenters. The Balaban J connectivity index is 3.05. The van der Waals surface area contributed by atoms with Crippen LogP contribution in [-0.4, -0.2) is 5.25 Å². The topological polar surface area (TPSA) is 0 Å². The first-order valence-corrected chi connectivity index (χ1v) is 6.51. The van der Waals surface area contributed by atoms with Gasteiger partial charge in [-0.05, 0) is 12.8 Å². The number of thiol groups is 1. The molecule has 0 saturated heterocycles. The highest BCUT2D eigenvalue weighted by molar-refractivity contribution is 7.80. The summed E-state index contributed by atoms with van der Waals surface area (Å²) < 4.78 is 0. The minimum atomic E-state index is 0.670. The minimum Gasteiger partial charge on any atom is -0.176 e. The Labute approximate surface area is 89.9 Å². The monoisotopic (exact) mass is 202 g/mol. The summed E-state index contributed by atoms with van der Waals surface area (Å²) in [5.74, 6) is 0. The van der Waals surface area contributed by atoms with Crippen LogP contribution in [0.3, 0.4) is 0 Å². The fourth-order valence-electron chi connectivity index (χ4n) is 1.58. The lowest BCUT2D eigenvalue weighted by Crippen LogP contribution is -1.98. The normalized spacial score (nSPS) is 13.2. The van der Waals surface area contributed by atoms with Gasteiger partial charge in [-0.15, -0.1) is 0 Å². The molecule has 1 heteroatoms. The van der Waals surface area contributed by atoms with Crippen LogP contribution in [0.4, 0.5) is 0 Å². The summed E-state index contributed by atoms with van der Waals surface area (Å²) >= 11 is 4.61. The van der Waals surface area contributed by atoms with Crippen LogP contribution in [0.2, 0.25) is 0 Å². The van der Waals surface area contributed by atoms with E-state index in [9.17, 15) is 0 Å². The van der Waals surface area contributed by atoms with Gasteiger partial charge in [0.05, 0.1) is 0 Å². The molecule has 0 N–H and O–H groups in total. The Morgan fingerprint density at radius 1 is 0.769 bits per heavy atom. The summed E-state index contributed by atoms with van der Waals surface area (Å²) in [4.78, 5) is 0. The predicted octanol–water partition coefficient (Wildman–Crippen LogP) is 4.84. The zero-order valence-corrected chi connectivity index (χ0v) is 10.3. The van der Waals surface area contributed by atoms with E-state index in [1.54, 1.807) is 0 Å². The predicted molar refractivity (Wildman–Crippen MR) is 65.7 cm³/mol. The molecule has 13 heavy (non-hydrogen) atoms. The molecule has 0 saturated carbocycles. The highest BCUT2D eigenvalue weighted by Crippen LogP contribution is 2.15. The molecular weight excluding hydrogens is 176 g/mol. The molecule has 0 fully saturated rings. The van der Waals surface area contributed by atoms with E-state index in [2.05, 4.69) is 26.5 Å². The van der Waals surface area contributed by atoms with Crippen molar-refractivity contribution < 1.29 is 0 Å². The van der Waals surface area contributed by atoms with Crippen molar-refractivity contribution in [3.05, 3.63) is 0 Å². The van der Waals surface area contributed by atoms with E-state index in [1.807, 2.05) is 0 Å². The Morgan fingerprint density at radius 2 is 1.23 bits per heavy atom. The fourth-order valence-corrected chi connectivity index (χ4v) is 1.95. The molecule has 0 aromatic rings. The maximum atomic E-state index is 4.61. The van der Waals surface area contributed by atoms with Gasteiger partial charge in [-0.1, -0.05) is 58.8 Å². The third-order valence-corrected chi connectivity index (χ3v) is 3.05. The van der Waals surface area contributed by atoms with E-state index >= 15 is 0 Å². The molecule has 0 bridgehead atoms. The van der Waals surface area contributed by atoms with Gasteiger partial charge in [-0.2, -0.15) is 12.6 Å². The van der Waals surface area contributed by atoms with Gasteiger partial charge in [0.2, 0.25) is 0 Å². The largest absolute Gasteiger partial charge is 0.176 e. The Hall–Kier alpha value is 0.350. The van der Waals surface area contributed by atoms with Crippen LogP contribution in [0.15, 0.2) is 0 Å². The quantitative estimate of drug-likeness (QED) is 0.401. The van der Waals surface area contributed by atoms with Gasteiger partial charge >= 0.3 is 0 Å². The first-order valence-electron chi connectivity index (χ1n) is 5.99. The molecule has 80 valence electrons. The smallest absolute Gasteiger partial charge is 0.00168 e. The van der Waals surface area contributed by atoms with Crippen molar-refractivity contribution in [2.24, 2.45) is 0 Å². The highest BCUT2D eigenvalue weighted by Gasteiger charge is 2.01. The van der Waals surface area contributed by atoms with Gasteiger partial charge < -0.3 is 0 Å². The molecule has 0 radical (unpaired) electrons. The SMILES string of the molecule is CCCCCCC(S)CCCCC. The van der Waals surface area contributed by atoms with Crippen molar-refractivity contribution in [2.75, 3.05) is 0 Å². The average Bonchev–Trinajstić information content (AvgIpc) is 2.13. The summed E-state index contributed by atoms with van der Waals surface area (Å²) in [5, 5.41) is 0.670. The van der Waals surface area contributed by atoms with Crippen LogP contribution in [-0.2, 0) is 0 Å². The standard InChI is InChI=1S/C12H26S/c1-3-5-7-9-11-12(13)10-8-6-4-2/h12-13H,3-11H2,1-2H3. The van der Waals surface area contributed by atoms with E-state index in [0.29, 0.717) is 5.25 Å². The average molecular weight is 202 g/mol. The minimum absolute atomic E-state index is 0.670. The van der Waals surface area contributed by atoms with Gasteiger partial charge in [-0.25, -0.2) is 0 Å². The second kappa shape index (κ2) is 10.4. The second-order valence-corrected chi connectivity index (χ2v) is 4.73. The van der Waals surface area contributed by atoms with Crippen LogP contribution < -0.4 is 0 Å². The van der Waals surface area contributed by atoms with Gasteiger partial charge in [0.25, 0.3) is 0 Å². The Kier molecular flexibility index (Phi) is 10.7. The van der Waals surface area contributed by atoms with E-state index in [4.69, 9.17) is 0 Å². The van der Waals surface area contributed by atoms with Crippen LogP contribution >= 0.6 is 12.6 Å². The van der Waals surface area contributed by atoms with Crippen molar-refractivity contribution in [3.8, 4) is 0 Å². The maximum absolute atomic E-state index is 4.61. The summed E-state index contributed by atoms with van der Waals surface area (Å²) in [6, 6.07) is 0. The fraction of sp³-hybridized carbons (Fsp3) is 1.00. The zero-order chi connectivity index (χ0) is 9.94. The first kappa shape index (κ1) is 13.4. The molecule has 0 aliphatic rings. The van der Waals surface area contributed by atoms with Crippen molar-refractivity contribution in [1.82, 2.24) is 0 Å². The lowest BCUT2D eigenvalue weighted by atomic mass is 10.1. The summed E-state index contributed by atoms with van der Waals surface area (Å²) in [6.07, 6.45) is 12.3. The lowest BCUT2D eigenvalue weighted by Gasteiger charge is -2.09. The van der Waals surface area contributed by atoms with E-state index in [0.717, 1.165) is 0 Å².